The van der Waals surface area contributed by atoms with Gasteiger partial charge in [-0.25, -0.2) is 4.79 Å². The second-order valence-corrected chi connectivity index (χ2v) is 4.33. The van der Waals surface area contributed by atoms with Crippen LogP contribution in [0.3, 0.4) is 0 Å². The minimum atomic E-state index is -0.287. The first kappa shape index (κ1) is 13.7. The molecule has 1 N–H and O–H groups in total. The van der Waals surface area contributed by atoms with Crippen LogP contribution in [0.25, 0.3) is 0 Å². The van der Waals surface area contributed by atoms with Crippen LogP contribution in [0.5, 0.6) is 0 Å². The maximum atomic E-state index is 11.8. The normalized spacial score (nSPS) is 15.6. The summed E-state index contributed by atoms with van der Waals surface area (Å²) < 4.78 is 0. The molecule has 96 valence electrons. The van der Waals surface area contributed by atoms with E-state index in [9.17, 15) is 9.59 Å². The second-order valence-electron chi connectivity index (χ2n) is 4.33. The zero-order valence-corrected chi connectivity index (χ0v) is 10.8. The average molecular weight is 238 g/mol. The number of carbonyl (C=O) groups is 2. The summed E-state index contributed by atoms with van der Waals surface area (Å²) in [4.78, 5) is 24.0. The van der Waals surface area contributed by atoms with E-state index in [2.05, 4.69) is 12.2 Å². The molecule has 1 aliphatic carbocycles. The standard InChI is InChI=1S/C13H22N2O2/c1-3-9-15(13(17)14-10-16)12-8-6-5-7-11(12)4-2/h10H,3-9H2,1-2H3,(H,14,16,17). The van der Waals surface area contributed by atoms with Crippen molar-refractivity contribution in [3.8, 4) is 0 Å². The first-order chi connectivity index (χ1) is 8.24. The number of carbonyl (C=O) groups excluding carboxylic acids is 2. The smallest absolute Gasteiger partial charge is 0.298 e. The van der Waals surface area contributed by atoms with E-state index in [0.29, 0.717) is 13.0 Å². The Morgan fingerprint density at radius 1 is 1.35 bits per heavy atom. The Bertz CT molecular complexity index is 311. The number of nitrogens with one attached hydrogen (secondary N) is 1. The first-order valence-electron chi connectivity index (χ1n) is 6.47. The van der Waals surface area contributed by atoms with Crippen molar-refractivity contribution in [1.29, 1.82) is 0 Å². The number of imide groups is 1. The third-order valence-electron chi connectivity index (χ3n) is 3.18. The Kier molecular flexibility index (Phi) is 5.73. The summed E-state index contributed by atoms with van der Waals surface area (Å²) in [6.45, 7) is 4.84. The van der Waals surface area contributed by atoms with Gasteiger partial charge in [-0.2, -0.15) is 0 Å². The molecule has 0 fully saturated rings. The van der Waals surface area contributed by atoms with Gasteiger partial charge in [0, 0.05) is 12.2 Å². The molecule has 1 rings (SSSR count). The van der Waals surface area contributed by atoms with Gasteiger partial charge in [0.15, 0.2) is 0 Å². The van der Waals surface area contributed by atoms with Crippen LogP contribution in [-0.2, 0) is 4.79 Å². The van der Waals surface area contributed by atoms with E-state index < -0.39 is 0 Å². The summed E-state index contributed by atoms with van der Waals surface area (Å²) in [7, 11) is 0. The Hall–Kier alpha value is -1.32. The highest BCUT2D eigenvalue weighted by Gasteiger charge is 2.21. The lowest BCUT2D eigenvalue weighted by Crippen LogP contribution is -2.40. The molecule has 4 heteroatoms. The van der Waals surface area contributed by atoms with Crippen LogP contribution in [0.1, 0.15) is 52.4 Å². The summed E-state index contributed by atoms with van der Waals surface area (Å²) in [5.41, 5.74) is 2.51. The molecule has 0 saturated heterocycles. The molecule has 0 atom stereocenters. The number of urea groups is 1. The zero-order valence-electron chi connectivity index (χ0n) is 10.8. The molecule has 0 aromatic heterocycles. The van der Waals surface area contributed by atoms with Gasteiger partial charge < -0.3 is 0 Å². The minimum Gasteiger partial charge on any atom is -0.298 e. The van der Waals surface area contributed by atoms with Gasteiger partial charge in [-0.3, -0.25) is 15.0 Å². The second kappa shape index (κ2) is 7.09. The third-order valence-corrected chi connectivity index (χ3v) is 3.18. The van der Waals surface area contributed by atoms with Gasteiger partial charge in [0.2, 0.25) is 6.41 Å². The highest BCUT2D eigenvalue weighted by atomic mass is 16.2. The number of rotatable bonds is 5. The predicted molar refractivity (Wildman–Crippen MR) is 67.4 cm³/mol. The zero-order chi connectivity index (χ0) is 12.7. The van der Waals surface area contributed by atoms with Crippen LogP contribution in [0.15, 0.2) is 11.3 Å². The van der Waals surface area contributed by atoms with E-state index >= 15 is 0 Å². The minimum absolute atomic E-state index is 0.287. The molecule has 0 unspecified atom stereocenters. The van der Waals surface area contributed by atoms with E-state index in [1.54, 1.807) is 4.90 Å². The molecule has 0 bridgehead atoms. The molecular weight excluding hydrogens is 216 g/mol. The lowest BCUT2D eigenvalue weighted by molar-refractivity contribution is -0.108. The Labute approximate surface area is 103 Å². The van der Waals surface area contributed by atoms with Crippen molar-refractivity contribution < 1.29 is 9.59 Å². The molecule has 0 radical (unpaired) electrons. The van der Waals surface area contributed by atoms with Gasteiger partial charge in [0.25, 0.3) is 0 Å². The van der Waals surface area contributed by atoms with E-state index in [4.69, 9.17) is 0 Å². The summed E-state index contributed by atoms with van der Waals surface area (Å²) in [5, 5.41) is 2.24. The largest absolute Gasteiger partial charge is 0.328 e. The fourth-order valence-corrected chi connectivity index (χ4v) is 2.37. The van der Waals surface area contributed by atoms with E-state index in [1.807, 2.05) is 6.92 Å². The van der Waals surface area contributed by atoms with Crippen molar-refractivity contribution in [2.24, 2.45) is 0 Å². The monoisotopic (exact) mass is 238 g/mol. The molecule has 4 nitrogen and oxygen atoms in total. The highest BCUT2D eigenvalue weighted by Crippen LogP contribution is 2.29. The fourth-order valence-electron chi connectivity index (χ4n) is 2.37. The summed E-state index contributed by atoms with van der Waals surface area (Å²) in [5.74, 6) is 0. The van der Waals surface area contributed by atoms with Crippen LogP contribution < -0.4 is 5.32 Å². The van der Waals surface area contributed by atoms with Crippen molar-refractivity contribution in [1.82, 2.24) is 10.2 Å². The van der Waals surface area contributed by atoms with Gasteiger partial charge in [0.1, 0.15) is 0 Å². The van der Waals surface area contributed by atoms with Gasteiger partial charge in [-0.1, -0.05) is 19.4 Å². The summed E-state index contributed by atoms with van der Waals surface area (Å²) in [6, 6.07) is -0.287. The van der Waals surface area contributed by atoms with Crippen molar-refractivity contribution in [3.05, 3.63) is 11.3 Å². The molecule has 0 heterocycles. The molecule has 1 aliphatic rings. The predicted octanol–water partition coefficient (Wildman–Crippen LogP) is 2.80. The fraction of sp³-hybridized carbons (Fsp3) is 0.692. The third kappa shape index (κ3) is 3.58. The molecule has 0 spiro atoms. The molecule has 0 aromatic carbocycles. The van der Waals surface area contributed by atoms with E-state index in [-0.39, 0.29) is 6.03 Å². The topological polar surface area (TPSA) is 49.4 Å². The Balaban J connectivity index is 2.90. The number of hydrogen-bond donors (Lipinski definition) is 1. The molecule has 3 amide bonds. The Morgan fingerprint density at radius 2 is 2.06 bits per heavy atom. The van der Waals surface area contributed by atoms with Gasteiger partial charge >= 0.3 is 6.03 Å². The quantitative estimate of drug-likeness (QED) is 0.749. The van der Waals surface area contributed by atoms with Gasteiger partial charge in [-0.15, -0.1) is 0 Å². The lowest BCUT2D eigenvalue weighted by Gasteiger charge is -2.30. The van der Waals surface area contributed by atoms with E-state index in [0.717, 1.165) is 37.8 Å². The number of allylic oxidation sites excluding steroid dienone is 2. The van der Waals surface area contributed by atoms with Crippen molar-refractivity contribution in [2.45, 2.75) is 52.4 Å². The molecular formula is C13H22N2O2. The number of nitrogens with zero attached hydrogens (tertiary/aromatic N) is 1. The maximum absolute atomic E-state index is 11.8. The van der Waals surface area contributed by atoms with Crippen molar-refractivity contribution in [2.75, 3.05) is 6.54 Å². The lowest BCUT2D eigenvalue weighted by atomic mass is 9.93. The number of hydrogen-bond acceptors (Lipinski definition) is 2. The van der Waals surface area contributed by atoms with Crippen LogP contribution in [0.2, 0.25) is 0 Å². The van der Waals surface area contributed by atoms with Crippen LogP contribution >= 0.6 is 0 Å². The maximum Gasteiger partial charge on any atom is 0.328 e. The molecule has 17 heavy (non-hydrogen) atoms. The Morgan fingerprint density at radius 3 is 2.65 bits per heavy atom. The van der Waals surface area contributed by atoms with E-state index in [1.165, 1.54) is 12.0 Å². The first-order valence-corrected chi connectivity index (χ1v) is 6.47. The molecule has 0 saturated carbocycles. The van der Waals surface area contributed by atoms with Gasteiger partial charge in [0.05, 0.1) is 0 Å². The number of amides is 3. The SMILES string of the molecule is CCCN(C(=O)NC=O)C1=C(CC)CCCC1. The highest BCUT2D eigenvalue weighted by molar-refractivity contribution is 5.85. The van der Waals surface area contributed by atoms with Crippen LogP contribution in [-0.4, -0.2) is 23.9 Å². The molecule has 0 aromatic rings. The van der Waals surface area contributed by atoms with Crippen molar-refractivity contribution in [3.63, 3.8) is 0 Å². The van der Waals surface area contributed by atoms with Crippen LogP contribution in [0.4, 0.5) is 4.79 Å². The summed E-state index contributed by atoms with van der Waals surface area (Å²) in [6.07, 6.45) is 6.72. The van der Waals surface area contributed by atoms with Crippen LogP contribution in [0, 0.1) is 0 Å². The molecule has 0 aliphatic heterocycles. The average Bonchev–Trinajstić information content (AvgIpc) is 2.36. The summed E-state index contributed by atoms with van der Waals surface area (Å²) >= 11 is 0. The van der Waals surface area contributed by atoms with Gasteiger partial charge in [-0.05, 0) is 38.5 Å². The van der Waals surface area contributed by atoms with Crippen molar-refractivity contribution >= 4 is 12.4 Å².